The Kier molecular flexibility index (Phi) is 7.28. The van der Waals surface area contributed by atoms with E-state index in [1.807, 2.05) is 43.3 Å². The summed E-state index contributed by atoms with van der Waals surface area (Å²) in [5.41, 5.74) is 6.11. The fourth-order valence-corrected chi connectivity index (χ4v) is 4.98. The summed E-state index contributed by atoms with van der Waals surface area (Å²) >= 11 is 0. The van der Waals surface area contributed by atoms with Crippen molar-refractivity contribution < 1.29 is 9.15 Å². The van der Waals surface area contributed by atoms with E-state index in [2.05, 4.69) is 51.5 Å². The van der Waals surface area contributed by atoms with Crippen molar-refractivity contribution in [3.63, 3.8) is 0 Å². The number of hydrogen-bond donors (Lipinski definition) is 0. The average Bonchev–Trinajstić information content (AvgIpc) is 3.41. The maximum atomic E-state index is 12.0. The predicted octanol–water partition coefficient (Wildman–Crippen LogP) is 6.67. The van der Waals surface area contributed by atoms with Gasteiger partial charge in [0.2, 0.25) is 11.8 Å². The van der Waals surface area contributed by atoms with Gasteiger partial charge in [-0.05, 0) is 79.6 Å². The van der Waals surface area contributed by atoms with Crippen molar-refractivity contribution in [3.05, 3.63) is 106 Å². The highest BCUT2D eigenvalue weighted by Gasteiger charge is 2.25. The molecule has 0 spiro atoms. The lowest BCUT2D eigenvalue weighted by Gasteiger charge is -2.23. The molecule has 1 saturated heterocycles. The Hall–Kier alpha value is -3.71. The maximum Gasteiger partial charge on any atom is 0.247 e. The number of hydrogen-bond acceptors (Lipinski definition) is 7. The molecule has 7 nitrogen and oxygen atoms in total. The molecule has 2 aromatic heterocycles. The lowest BCUT2D eigenvalue weighted by Crippen LogP contribution is -2.14. The van der Waals surface area contributed by atoms with Gasteiger partial charge in [0.25, 0.3) is 0 Å². The third kappa shape index (κ3) is 5.26. The second-order valence-corrected chi connectivity index (χ2v) is 9.45. The van der Waals surface area contributed by atoms with Crippen LogP contribution in [0.3, 0.4) is 0 Å². The van der Waals surface area contributed by atoms with Gasteiger partial charge >= 0.3 is 0 Å². The minimum Gasteiger partial charge on any atom is -0.420 e. The predicted molar refractivity (Wildman–Crippen MR) is 138 cm³/mol. The number of rotatable bonds is 8. The largest absolute Gasteiger partial charge is 0.420 e. The summed E-state index contributed by atoms with van der Waals surface area (Å²) in [5, 5.41) is 12.1. The topological polar surface area (TPSA) is 90.5 Å². The molecule has 184 valence electrons. The van der Waals surface area contributed by atoms with Crippen LogP contribution in [0.1, 0.15) is 71.0 Å². The number of aromatic nitrogens is 3. The number of aryl methyl sites for hydroxylation is 2. The zero-order valence-corrected chi connectivity index (χ0v) is 20.6. The van der Waals surface area contributed by atoms with Crippen molar-refractivity contribution in [3.8, 4) is 11.5 Å². The van der Waals surface area contributed by atoms with Gasteiger partial charge in [-0.15, -0.1) is 10.2 Å². The maximum absolute atomic E-state index is 12.0. The second-order valence-electron chi connectivity index (χ2n) is 9.45. The van der Waals surface area contributed by atoms with Crippen LogP contribution in [0.15, 0.2) is 76.5 Å². The third-order valence-electron chi connectivity index (χ3n) is 7.03. The molecular formula is C29H30N4O3. The van der Waals surface area contributed by atoms with Gasteiger partial charge in [0.15, 0.2) is 0 Å². The summed E-state index contributed by atoms with van der Waals surface area (Å²) in [6.45, 7) is 5.49. The fourth-order valence-electron chi connectivity index (χ4n) is 4.98. The molecule has 36 heavy (non-hydrogen) atoms. The molecule has 0 aliphatic carbocycles. The number of pyridine rings is 1. The summed E-state index contributed by atoms with van der Waals surface area (Å²) in [4.78, 5) is 16.2. The first-order valence-electron chi connectivity index (χ1n) is 12.4. The highest BCUT2D eigenvalue weighted by atomic mass is 16.5. The average molecular weight is 483 g/mol. The summed E-state index contributed by atoms with van der Waals surface area (Å²) in [6.07, 6.45) is 4.11. The van der Waals surface area contributed by atoms with Crippen molar-refractivity contribution in [2.45, 2.75) is 51.0 Å². The van der Waals surface area contributed by atoms with Gasteiger partial charge in [0.05, 0.1) is 0 Å². The molecule has 7 heteroatoms. The van der Waals surface area contributed by atoms with Crippen molar-refractivity contribution in [1.29, 1.82) is 0 Å². The van der Waals surface area contributed by atoms with Crippen molar-refractivity contribution in [1.82, 2.24) is 15.2 Å². The quantitative estimate of drug-likeness (QED) is 0.260. The van der Waals surface area contributed by atoms with Crippen LogP contribution in [0.4, 0.5) is 0 Å². The molecular weight excluding hydrogens is 452 g/mol. The molecule has 0 radical (unpaired) electrons. The fraction of sp³-hybridized carbons (Fsp3) is 0.345. The van der Waals surface area contributed by atoms with E-state index in [9.17, 15) is 4.91 Å². The molecule has 4 aromatic rings. The molecule has 1 aliphatic heterocycles. The summed E-state index contributed by atoms with van der Waals surface area (Å²) in [6, 6.07) is 19.9. The van der Waals surface area contributed by atoms with E-state index in [1.165, 1.54) is 11.1 Å². The van der Waals surface area contributed by atoms with E-state index in [-0.39, 0.29) is 11.8 Å². The van der Waals surface area contributed by atoms with Crippen molar-refractivity contribution in [2.24, 2.45) is 5.18 Å². The molecule has 3 heterocycles. The second kappa shape index (κ2) is 10.9. The van der Waals surface area contributed by atoms with E-state index in [0.29, 0.717) is 18.2 Å². The van der Waals surface area contributed by atoms with E-state index in [0.717, 1.165) is 48.4 Å². The van der Waals surface area contributed by atoms with E-state index in [1.54, 1.807) is 6.20 Å². The third-order valence-corrected chi connectivity index (χ3v) is 7.03. The molecule has 1 fully saturated rings. The highest BCUT2D eigenvalue weighted by molar-refractivity contribution is 5.54. The van der Waals surface area contributed by atoms with Gasteiger partial charge in [-0.1, -0.05) is 41.6 Å². The monoisotopic (exact) mass is 482 g/mol. The molecule has 5 rings (SSSR count). The Morgan fingerprint density at radius 2 is 1.75 bits per heavy atom. The normalized spacial score (nSPS) is 15.9. The molecule has 2 atom stereocenters. The van der Waals surface area contributed by atoms with Crippen LogP contribution < -0.4 is 0 Å². The number of nitrogens with zero attached hydrogens (tertiary/aromatic N) is 4. The zero-order chi connectivity index (χ0) is 24.9. The first-order chi connectivity index (χ1) is 17.6. The first kappa shape index (κ1) is 24.0. The van der Waals surface area contributed by atoms with Gasteiger partial charge in [-0.3, -0.25) is 4.98 Å². The standard InChI is InChI=1S/C29H30N4O3/c1-19-5-3-4-6-25(19)26(18-27(33-34)24-11-14-30-20(2)17-24)21-7-9-22(10-8-21)28-31-32-29(36-28)23-12-15-35-16-13-23/h3-11,14,17,23,26-27H,12-13,15-16,18H2,1-2H3. The molecule has 0 amide bonds. The Morgan fingerprint density at radius 1 is 0.972 bits per heavy atom. The summed E-state index contributed by atoms with van der Waals surface area (Å²) in [7, 11) is 0. The van der Waals surface area contributed by atoms with Crippen molar-refractivity contribution in [2.75, 3.05) is 13.2 Å². The zero-order valence-electron chi connectivity index (χ0n) is 20.6. The van der Waals surface area contributed by atoms with Crippen LogP contribution in [-0.2, 0) is 4.74 Å². The van der Waals surface area contributed by atoms with E-state index < -0.39 is 6.04 Å². The summed E-state index contributed by atoms with van der Waals surface area (Å²) < 4.78 is 11.5. The van der Waals surface area contributed by atoms with Crippen LogP contribution in [0.25, 0.3) is 11.5 Å². The van der Waals surface area contributed by atoms with Gasteiger partial charge < -0.3 is 9.15 Å². The molecule has 2 unspecified atom stereocenters. The Labute approximate surface area is 210 Å². The highest BCUT2D eigenvalue weighted by Crippen LogP contribution is 2.38. The Bertz CT molecular complexity index is 1310. The SMILES string of the molecule is Cc1cc(C(CC(c2ccc(-c3nnc(C4CCOCC4)o3)cc2)c2ccccc2C)N=O)ccn1. The van der Waals surface area contributed by atoms with Crippen LogP contribution in [-0.4, -0.2) is 28.4 Å². The number of benzene rings is 2. The van der Waals surface area contributed by atoms with Crippen LogP contribution >= 0.6 is 0 Å². The Balaban J connectivity index is 1.43. The smallest absolute Gasteiger partial charge is 0.247 e. The number of nitroso groups, excluding NO2 is 1. The molecule has 2 aromatic carbocycles. The van der Waals surface area contributed by atoms with E-state index in [4.69, 9.17) is 9.15 Å². The minimum atomic E-state index is -0.478. The lowest BCUT2D eigenvalue weighted by atomic mass is 9.82. The Morgan fingerprint density at radius 3 is 2.47 bits per heavy atom. The van der Waals surface area contributed by atoms with Gasteiger partial charge in [0, 0.05) is 42.5 Å². The minimum absolute atomic E-state index is 0.00286. The van der Waals surface area contributed by atoms with Crippen LogP contribution in [0.2, 0.25) is 0 Å². The van der Waals surface area contributed by atoms with Gasteiger partial charge in [-0.25, -0.2) is 0 Å². The van der Waals surface area contributed by atoms with E-state index >= 15 is 0 Å². The van der Waals surface area contributed by atoms with Crippen molar-refractivity contribution >= 4 is 0 Å². The van der Waals surface area contributed by atoms with Crippen LogP contribution in [0, 0.1) is 18.8 Å². The number of ether oxygens (including phenoxy) is 1. The summed E-state index contributed by atoms with van der Waals surface area (Å²) in [5.74, 6) is 1.46. The first-order valence-corrected chi connectivity index (χ1v) is 12.4. The van der Waals surface area contributed by atoms with Gasteiger partial charge in [-0.2, -0.15) is 4.91 Å². The molecule has 0 saturated carbocycles. The molecule has 0 bridgehead atoms. The molecule has 0 N–H and O–H groups in total. The van der Waals surface area contributed by atoms with Crippen LogP contribution in [0.5, 0.6) is 0 Å². The van der Waals surface area contributed by atoms with Gasteiger partial charge in [0.1, 0.15) is 6.04 Å². The molecule has 1 aliphatic rings. The lowest BCUT2D eigenvalue weighted by molar-refractivity contribution is 0.0795.